The predicted molar refractivity (Wildman–Crippen MR) is 127 cm³/mol. The number of carbonyl (C=O) groups excluding carboxylic acids is 3. The molecule has 33 heavy (non-hydrogen) atoms. The first-order valence-corrected chi connectivity index (χ1v) is 11.5. The summed E-state index contributed by atoms with van der Waals surface area (Å²) in [6.45, 7) is 18.1. The maximum Gasteiger partial charge on any atom is 0.317 e. The van der Waals surface area contributed by atoms with E-state index in [-0.39, 0.29) is 11.8 Å². The zero-order valence-corrected chi connectivity index (χ0v) is 21.7. The Balaban J connectivity index is 2.66. The molecule has 4 atom stereocenters. The number of ether oxygens (including phenoxy) is 2. The van der Waals surface area contributed by atoms with Crippen LogP contribution in [0.15, 0.2) is 24.3 Å². The molecule has 1 fully saturated rings. The van der Waals surface area contributed by atoms with Crippen molar-refractivity contribution in [2.45, 2.75) is 104 Å². The number of esters is 2. The van der Waals surface area contributed by atoms with Crippen molar-refractivity contribution in [2.24, 2.45) is 11.8 Å². The Morgan fingerprint density at radius 2 is 1.33 bits per heavy atom. The second-order valence-corrected chi connectivity index (χ2v) is 12.4. The van der Waals surface area contributed by atoms with Crippen LogP contribution in [-0.4, -0.2) is 39.6 Å². The summed E-state index contributed by atoms with van der Waals surface area (Å²) < 4.78 is 11.2. The van der Waals surface area contributed by atoms with E-state index in [2.05, 4.69) is 20.8 Å². The van der Waals surface area contributed by atoms with Gasteiger partial charge in [-0.25, -0.2) is 0 Å². The largest absolute Gasteiger partial charge is 0.460 e. The van der Waals surface area contributed by atoms with E-state index in [4.69, 9.17) is 9.47 Å². The summed E-state index contributed by atoms with van der Waals surface area (Å²) in [5.74, 6) is -5.03. The van der Waals surface area contributed by atoms with Gasteiger partial charge >= 0.3 is 11.9 Å². The Kier molecular flexibility index (Phi) is 7.26. The molecule has 0 bridgehead atoms. The summed E-state index contributed by atoms with van der Waals surface area (Å²) in [7, 11) is 0. The first-order valence-electron chi connectivity index (χ1n) is 11.5. The highest BCUT2D eigenvalue weighted by Crippen LogP contribution is 2.47. The fraction of sp³-hybridized carbons (Fsp3) is 0.667. The molecule has 0 spiro atoms. The lowest BCUT2D eigenvalue weighted by Crippen LogP contribution is -2.56. The number of hydrogen-bond donors (Lipinski definition) is 1. The molecule has 0 radical (unpaired) electrons. The van der Waals surface area contributed by atoms with Crippen molar-refractivity contribution in [3.63, 3.8) is 0 Å². The molecular formula is C27H40O6. The first kappa shape index (κ1) is 27.0. The van der Waals surface area contributed by atoms with Crippen LogP contribution in [-0.2, 0) is 29.3 Å². The highest BCUT2D eigenvalue weighted by molar-refractivity contribution is 6.03. The fourth-order valence-electron chi connectivity index (χ4n) is 4.35. The van der Waals surface area contributed by atoms with Crippen molar-refractivity contribution in [3.8, 4) is 0 Å². The van der Waals surface area contributed by atoms with E-state index < -0.39 is 52.3 Å². The number of ketones is 1. The van der Waals surface area contributed by atoms with Gasteiger partial charge in [-0.05, 0) is 65.0 Å². The van der Waals surface area contributed by atoms with Crippen LogP contribution in [0, 0.1) is 11.8 Å². The number of hydrogen-bond acceptors (Lipinski definition) is 6. The average Bonchev–Trinajstić information content (AvgIpc) is 2.56. The Labute approximate surface area is 198 Å². The second-order valence-electron chi connectivity index (χ2n) is 12.4. The van der Waals surface area contributed by atoms with Crippen LogP contribution in [0.2, 0.25) is 0 Å². The minimum absolute atomic E-state index is 0.0957. The lowest BCUT2D eigenvalue weighted by Gasteiger charge is -2.44. The summed E-state index contributed by atoms with van der Waals surface area (Å²) >= 11 is 0. The zero-order valence-electron chi connectivity index (χ0n) is 21.7. The van der Waals surface area contributed by atoms with Crippen LogP contribution < -0.4 is 0 Å². The van der Waals surface area contributed by atoms with Gasteiger partial charge in [-0.1, -0.05) is 45.0 Å². The Morgan fingerprint density at radius 1 is 0.879 bits per heavy atom. The molecule has 1 aromatic rings. The molecule has 2 rings (SSSR count). The smallest absolute Gasteiger partial charge is 0.317 e. The number of rotatable bonds is 3. The maximum atomic E-state index is 13.4. The van der Waals surface area contributed by atoms with Gasteiger partial charge in [0, 0.05) is 12.3 Å². The maximum absolute atomic E-state index is 13.4. The fourth-order valence-corrected chi connectivity index (χ4v) is 4.35. The number of carbonyl (C=O) groups is 3. The quantitative estimate of drug-likeness (QED) is 0.519. The van der Waals surface area contributed by atoms with Crippen LogP contribution in [0.5, 0.6) is 0 Å². The molecular weight excluding hydrogens is 420 g/mol. The van der Waals surface area contributed by atoms with Gasteiger partial charge < -0.3 is 14.6 Å². The summed E-state index contributed by atoms with van der Waals surface area (Å²) in [6, 6.07) is 7.52. The highest BCUT2D eigenvalue weighted by Gasteiger charge is 2.57. The standard InChI is InChI=1S/C27H40O6/c1-24(2,3)17-13-11-16(12-14-17)19-20(22(29)32-25(4,5)6)18(28)15-27(10,31)21(19)23(30)33-26(7,8)9/h11-14,19-21,31H,15H2,1-10H3/t19-,20-,21-,27+/m1/s1. The third-order valence-electron chi connectivity index (χ3n) is 5.75. The van der Waals surface area contributed by atoms with E-state index in [1.165, 1.54) is 6.92 Å². The summed E-state index contributed by atoms with van der Waals surface area (Å²) in [6.07, 6.45) is -0.336. The zero-order chi connectivity index (χ0) is 25.6. The molecule has 0 amide bonds. The minimum Gasteiger partial charge on any atom is -0.460 e. The molecule has 1 aliphatic rings. The molecule has 1 saturated carbocycles. The molecule has 1 N–H and O–H groups in total. The van der Waals surface area contributed by atoms with Crippen molar-refractivity contribution in [2.75, 3.05) is 0 Å². The topological polar surface area (TPSA) is 89.9 Å². The van der Waals surface area contributed by atoms with Crippen LogP contribution >= 0.6 is 0 Å². The molecule has 0 saturated heterocycles. The second kappa shape index (κ2) is 8.86. The third-order valence-corrected chi connectivity index (χ3v) is 5.75. The van der Waals surface area contributed by atoms with Gasteiger partial charge in [0.2, 0.25) is 0 Å². The number of Topliss-reactive ketones (excluding diaryl/α,β-unsaturated/α-hetero) is 1. The molecule has 0 heterocycles. The summed E-state index contributed by atoms with van der Waals surface area (Å²) in [5.41, 5.74) is -1.69. The molecule has 6 heteroatoms. The number of aliphatic hydroxyl groups is 1. The van der Waals surface area contributed by atoms with Gasteiger partial charge in [-0.15, -0.1) is 0 Å². The van der Waals surface area contributed by atoms with Gasteiger partial charge in [-0.3, -0.25) is 14.4 Å². The Bertz CT molecular complexity index is 891. The third kappa shape index (κ3) is 6.66. The van der Waals surface area contributed by atoms with Crippen molar-refractivity contribution in [1.82, 2.24) is 0 Å². The predicted octanol–water partition coefficient (Wildman–Crippen LogP) is 4.71. The van der Waals surface area contributed by atoms with E-state index in [1.807, 2.05) is 24.3 Å². The van der Waals surface area contributed by atoms with E-state index in [0.717, 1.165) is 5.56 Å². The lowest BCUT2D eigenvalue weighted by atomic mass is 9.61. The normalized spacial score (nSPS) is 26.6. The van der Waals surface area contributed by atoms with E-state index in [1.54, 1.807) is 41.5 Å². The molecule has 0 aromatic heterocycles. The van der Waals surface area contributed by atoms with Crippen LogP contribution in [0.3, 0.4) is 0 Å². The number of benzene rings is 1. The van der Waals surface area contributed by atoms with Crippen LogP contribution in [0.1, 0.15) is 92.7 Å². The van der Waals surface area contributed by atoms with E-state index in [0.29, 0.717) is 5.56 Å². The van der Waals surface area contributed by atoms with Gasteiger partial charge in [0.15, 0.2) is 5.78 Å². The molecule has 6 nitrogen and oxygen atoms in total. The SMILES string of the molecule is CC(C)(C)OC(=O)[C@@H]1C(=O)C[C@](C)(O)[C@@H](C(=O)OC(C)(C)C)[C@@H]1c1ccc(C(C)(C)C)cc1. The lowest BCUT2D eigenvalue weighted by molar-refractivity contribution is -0.182. The minimum atomic E-state index is -1.68. The van der Waals surface area contributed by atoms with Crippen molar-refractivity contribution in [3.05, 3.63) is 35.4 Å². The van der Waals surface area contributed by atoms with E-state index >= 15 is 0 Å². The van der Waals surface area contributed by atoms with Gasteiger partial charge in [0.25, 0.3) is 0 Å². The molecule has 184 valence electrons. The first-order chi connectivity index (χ1) is 14.7. The van der Waals surface area contributed by atoms with Crippen LogP contribution in [0.25, 0.3) is 0 Å². The van der Waals surface area contributed by atoms with Gasteiger partial charge in [0.1, 0.15) is 17.1 Å². The van der Waals surface area contributed by atoms with Crippen molar-refractivity contribution >= 4 is 17.7 Å². The average molecular weight is 461 g/mol. The van der Waals surface area contributed by atoms with Crippen LogP contribution in [0.4, 0.5) is 0 Å². The van der Waals surface area contributed by atoms with E-state index in [9.17, 15) is 19.5 Å². The molecule has 1 aliphatic carbocycles. The molecule has 0 aliphatic heterocycles. The van der Waals surface area contributed by atoms with Gasteiger partial charge in [-0.2, -0.15) is 0 Å². The Morgan fingerprint density at radius 3 is 1.76 bits per heavy atom. The van der Waals surface area contributed by atoms with Gasteiger partial charge in [0.05, 0.1) is 11.5 Å². The molecule has 1 aromatic carbocycles. The van der Waals surface area contributed by atoms with Crippen molar-refractivity contribution in [1.29, 1.82) is 0 Å². The summed E-state index contributed by atoms with van der Waals surface area (Å²) in [4.78, 5) is 39.8. The summed E-state index contributed by atoms with van der Waals surface area (Å²) in [5, 5.41) is 11.2. The van der Waals surface area contributed by atoms with Crippen molar-refractivity contribution < 1.29 is 29.0 Å². The Hall–Kier alpha value is -2.21. The monoisotopic (exact) mass is 460 g/mol. The molecule has 0 unspecified atom stereocenters. The highest BCUT2D eigenvalue weighted by atomic mass is 16.6.